The van der Waals surface area contributed by atoms with Crippen molar-refractivity contribution in [2.45, 2.75) is 0 Å². The monoisotopic (exact) mass is 254 g/mol. The molecule has 1 rings (SSSR count). The molecule has 2 N–H and O–H groups in total. The number of benzene rings is 1. The number of amides is 1. The number of nitro groups is 1. The highest BCUT2D eigenvalue weighted by molar-refractivity contribution is 6.32. The molecule has 0 bridgehead atoms. The number of hydrogen-bond donors (Lipinski definition) is 1. The van der Waals surface area contributed by atoms with Gasteiger partial charge in [0.2, 0.25) is 0 Å². The van der Waals surface area contributed by atoms with Gasteiger partial charge in [-0.3, -0.25) is 14.9 Å². The van der Waals surface area contributed by atoms with Gasteiger partial charge in [-0.05, 0) is 0 Å². The molecule has 17 heavy (non-hydrogen) atoms. The minimum atomic E-state index is -0.848. The van der Waals surface area contributed by atoms with Crippen LogP contribution in [0.15, 0.2) is 12.1 Å². The second-order valence-electron chi connectivity index (χ2n) is 2.88. The summed E-state index contributed by atoms with van der Waals surface area (Å²) in [7, 11) is 1.29. The van der Waals surface area contributed by atoms with Crippen LogP contribution in [0.25, 0.3) is 0 Å². The fourth-order valence-corrected chi connectivity index (χ4v) is 1.28. The molecule has 0 heterocycles. The van der Waals surface area contributed by atoms with Gasteiger partial charge in [0.25, 0.3) is 5.91 Å². The van der Waals surface area contributed by atoms with Crippen LogP contribution < -0.4 is 10.5 Å². The van der Waals surface area contributed by atoms with Gasteiger partial charge in [-0.2, -0.15) is 0 Å². The standard InChI is InChI=1S/C10H7ClN2O4/c1-17-9-5-7(11)6(2-3-10(12)14)4-8(9)13(15)16/h4-5H,1H3,(H2,12,14). The molecule has 0 saturated carbocycles. The Morgan fingerprint density at radius 2 is 2.24 bits per heavy atom. The Labute approximate surface area is 101 Å². The van der Waals surface area contributed by atoms with E-state index in [9.17, 15) is 14.9 Å². The Morgan fingerprint density at radius 1 is 1.59 bits per heavy atom. The molecule has 88 valence electrons. The molecule has 0 aliphatic carbocycles. The van der Waals surface area contributed by atoms with E-state index in [-0.39, 0.29) is 22.0 Å². The van der Waals surface area contributed by atoms with Crippen molar-refractivity contribution in [1.29, 1.82) is 0 Å². The number of halogens is 1. The predicted octanol–water partition coefficient (Wildman–Crippen LogP) is 1.09. The number of carbonyl (C=O) groups excluding carboxylic acids is 1. The van der Waals surface area contributed by atoms with Crippen molar-refractivity contribution >= 4 is 23.2 Å². The van der Waals surface area contributed by atoms with Crippen LogP contribution in [0.3, 0.4) is 0 Å². The maximum absolute atomic E-state index is 10.7. The molecule has 0 unspecified atom stereocenters. The van der Waals surface area contributed by atoms with Gasteiger partial charge in [0, 0.05) is 18.1 Å². The van der Waals surface area contributed by atoms with Gasteiger partial charge in [-0.15, -0.1) is 0 Å². The van der Waals surface area contributed by atoms with E-state index in [1.807, 2.05) is 5.92 Å². The highest BCUT2D eigenvalue weighted by atomic mass is 35.5. The van der Waals surface area contributed by atoms with Crippen LogP contribution in [0.1, 0.15) is 5.56 Å². The SMILES string of the molecule is COc1cc(Cl)c(C#CC(N)=O)cc1[N+](=O)[O-]. The zero-order valence-corrected chi connectivity index (χ0v) is 9.45. The Hall–Kier alpha value is -2.26. The van der Waals surface area contributed by atoms with Gasteiger partial charge in [-0.25, -0.2) is 0 Å². The van der Waals surface area contributed by atoms with Crippen LogP contribution in [0.5, 0.6) is 5.75 Å². The fourth-order valence-electron chi connectivity index (χ4n) is 1.07. The Balaban J connectivity index is 3.36. The van der Waals surface area contributed by atoms with Crippen molar-refractivity contribution in [3.05, 3.63) is 32.8 Å². The summed E-state index contributed by atoms with van der Waals surface area (Å²) in [6.45, 7) is 0. The molecule has 0 aliphatic heterocycles. The molecule has 0 saturated heterocycles. The van der Waals surface area contributed by atoms with Crippen molar-refractivity contribution in [2.75, 3.05) is 7.11 Å². The molecule has 0 fully saturated rings. The van der Waals surface area contributed by atoms with Crippen molar-refractivity contribution in [3.63, 3.8) is 0 Å². The summed E-state index contributed by atoms with van der Waals surface area (Å²) in [5, 5.41) is 10.9. The van der Waals surface area contributed by atoms with Crippen molar-refractivity contribution in [1.82, 2.24) is 0 Å². The molecule has 1 amide bonds. The number of nitro benzene ring substituents is 1. The van der Waals surface area contributed by atoms with E-state index in [0.29, 0.717) is 0 Å². The molecule has 1 aromatic rings. The van der Waals surface area contributed by atoms with Gasteiger partial charge in [0.1, 0.15) is 0 Å². The predicted molar refractivity (Wildman–Crippen MR) is 60.7 cm³/mol. The van der Waals surface area contributed by atoms with E-state index in [1.165, 1.54) is 13.2 Å². The maximum atomic E-state index is 10.7. The normalized spacial score (nSPS) is 9.06. The quantitative estimate of drug-likeness (QED) is 0.485. The number of methoxy groups -OCH3 is 1. The lowest BCUT2D eigenvalue weighted by atomic mass is 10.2. The number of carbonyl (C=O) groups is 1. The lowest BCUT2D eigenvalue weighted by Gasteiger charge is -2.03. The molecule has 7 heteroatoms. The summed E-state index contributed by atoms with van der Waals surface area (Å²) in [6, 6.07) is 2.38. The van der Waals surface area contributed by atoms with E-state index in [4.69, 9.17) is 22.1 Å². The van der Waals surface area contributed by atoms with E-state index < -0.39 is 10.8 Å². The average Bonchev–Trinajstić information content (AvgIpc) is 2.26. The van der Waals surface area contributed by atoms with Crippen molar-refractivity contribution < 1.29 is 14.5 Å². The van der Waals surface area contributed by atoms with Crippen molar-refractivity contribution in [3.8, 4) is 17.6 Å². The summed E-state index contributed by atoms with van der Waals surface area (Å²) in [4.78, 5) is 20.6. The van der Waals surface area contributed by atoms with Gasteiger partial charge in [-0.1, -0.05) is 17.5 Å². The third-order valence-corrected chi connectivity index (χ3v) is 2.10. The van der Waals surface area contributed by atoms with E-state index in [0.717, 1.165) is 6.07 Å². The molecule has 0 aromatic heterocycles. The van der Waals surface area contributed by atoms with Gasteiger partial charge in [0.05, 0.1) is 22.6 Å². The first-order valence-electron chi connectivity index (χ1n) is 4.29. The number of nitrogens with zero attached hydrogens (tertiary/aromatic N) is 1. The third kappa shape index (κ3) is 3.09. The molecule has 0 aliphatic rings. The average molecular weight is 255 g/mol. The first-order chi connectivity index (χ1) is 7.95. The largest absolute Gasteiger partial charge is 0.490 e. The van der Waals surface area contributed by atoms with Gasteiger partial charge in [0.15, 0.2) is 5.75 Å². The van der Waals surface area contributed by atoms with Crippen LogP contribution in [-0.2, 0) is 4.79 Å². The van der Waals surface area contributed by atoms with E-state index in [1.54, 1.807) is 0 Å². The smallest absolute Gasteiger partial charge is 0.312 e. The molecule has 1 aromatic carbocycles. The van der Waals surface area contributed by atoms with Crippen LogP contribution >= 0.6 is 11.6 Å². The minimum absolute atomic E-state index is 0.0182. The fraction of sp³-hybridized carbons (Fsp3) is 0.100. The number of nitrogens with two attached hydrogens (primary N) is 1. The second-order valence-corrected chi connectivity index (χ2v) is 3.28. The Kier molecular flexibility index (Phi) is 3.91. The van der Waals surface area contributed by atoms with Gasteiger partial charge >= 0.3 is 5.69 Å². The van der Waals surface area contributed by atoms with Crippen LogP contribution in [0.4, 0.5) is 5.69 Å². The number of ether oxygens (including phenoxy) is 1. The first-order valence-corrected chi connectivity index (χ1v) is 4.67. The molecule has 0 atom stereocenters. The zero-order valence-electron chi connectivity index (χ0n) is 8.69. The summed E-state index contributed by atoms with van der Waals surface area (Å²) >= 11 is 5.81. The summed E-state index contributed by atoms with van der Waals surface area (Å²) in [5.74, 6) is 3.56. The minimum Gasteiger partial charge on any atom is -0.490 e. The van der Waals surface area contributed by atoms with Crippen LogP contribution in [0.2, 0.25) is 5.02 Å². The third-order valence-electron chi connectivity index (χ3n) is 1.79. The van der Waals surface area contributed by atoms with Gasteiger partial charge < -0.3 is 10.5 Å². The lowest BCUT2D eigenvalue weighted by Crippen LogP contribution is -2.06. The molecular formula is C10H7ClN2O4. The summed E-state index contributed by atoms with van der Waals surface area (Å²) in [6.07, 6.45) is 0. The number of primary amides is 1. The topological polar surface area (TPSA) is 95.5 Å². The highest BCUT2D eigenvalue weighted by Gasteiger charge is 2.17. The number of hydrogen-bond acceptors (Lipinski definition) is 4. The lowest BCUT2D eigenvalue weighted by molar-refractivity contribution is -0.385. The van der Waals surface area contributed by atoms with E-state index >= 15 is 0 Å². The summed E-state index contributed by atoms with van der Waals surface area (Å²) in [5.41, 5.74) is 4.68. The first kappa shape index (κ1) is 12.8. The van der Waals surface area contributed by atoms with E-state index in [2.05, 4.69) is 5.92 Å². The maximum Gasteiger partial charge on any atom is 0.312 e. The Morgan fingerprint density at radius 3 is 2.71 bits per heavy atom. The molecule has 6 nitrogen and oxygen atoms in total. The molecule has 0 spiro atoms. The van der Waals surface area contributed by atoms with Crippen LogP contribution in [0, 0.1) is 22.0 Å². The summed E-state index contributed by atoms with van der Waals surface area (Å²) < 4.78 is 4.80. The Bertz CT molecular complexity index is 545. The number of rotatable bonds is 2. The van der Waals surface area contributed by atoms with Crippen LogP contribution in [-0.4, -0.2) is 17.9 Å². The second kappa shape index (κ2) is 5.18. The molecular weight excluding hydrogens is 248 g/mol. The zero-order chi connectivity index (χ0) is 13.0. The van der Waals surface area contributed by atoms with Crippen molar-refractivity contribution in [2.24, 2.45) is 5.73 Å². The highest BCUT2D eigenvalue weighted by Crippen LogP contribution is 2.32. The molecule has 0 radical (unpaired) electrons.